The molecule has 1 aromatic heterocycles. The van der Waals surface area contributed by atoms with Gasteiger partial charge >= 0.3 is 0 Å². The summed E-state index contributed by atoms with van der Waals surface area (Å²) in [5.74, 6) is 0.678. The van der Waals surface area contributed by atoms with Gasteiger partial charge in [0.05, 0.1) is 5.75 Å². The molecule has 0 saturated carbocycles. The second kappa shape index (κ2) is 5.88. The molecule has 0 spiro atoms. The van der Waals surface area contributed by atoms with E-state index in [0.717, 1.165) is 23.1 Å². The molecule has 19 heavy (non-hydrogen) atoms. The number of aryl methyl sites for hydroxylation is 1. The lowest BCUT2D eigenvalue weighted by Gasteiger charge is -2.07. The van der Waals surface area contributed by atoms with Crippen LogP contribution >= 0.6 is 11.8 Å². The Morgan fingerprint density at radius 3 is 2.84 bits per heavy atom. The van der Waals surface area contributed by atoms with E-state index in [1.54, 1.807) is 0 Å². The van der Waals surface area contributed by atoms with Crippen molar-refractivity contribution in [3.8, 4) is 11.4 Å². The van der Waals surface area contributed by atoms with Gasteiger partial charge in [0.15, 0.2) is 11.0 Å². The summed E-state index contributed by atoms with van der Waals surface area (Å²) < 4.78 is 1.99. The number of primary amides is 1. The number of nitrogens with two attached hydrogens (primary N) is 1. The lowest BCUT2D eigenvalue weighted by atomic mass is 10.1. The Morgan fingerprint density at radius 1 is 1.42 bits per heavy atom. The zero-order valence-corrected chi connectivity index (χ0v) is 11.8. The normalized spacial score (nSPS) is 10.6. The summed E-state index contributed by atoms with van der Waals surface area (Å²) >= 11 is 1.31. The topological polar surface area (TPSA) is 73.8 Å². The van der Waals surface area contributed by atoms with Gasteiger partial charge in [-0.15, -0.1) is 10.2 Å². The number of carbonyl (C=O) groups is 1. The molecule has 6 heteroatoms. The van der Waals surface area contributed by atoms with Crippen LogP contribution in [-0.2, 0) is 11.3 Å². The number of nitrogens with zero attached hydrogens (tertiary/aromatic N) is 3. The predicted octanol–water partition coefficient (Wildman–Crippen LogP) is 1.85. The SMILES string of the molecule is CCn1c(SCC(N)=O)nnc1-c1cccc(C)c1. The van der Waals surface area contributed by atoms with Crippen LogP contribution in [0.5, 0.6) is 0 Å². The molecule has 5 nitrogen and oxygen atoms in total. The summed E-state index contributed by atoms with van der Waals surface area (Å²) in [6.45, 7) is 4.81. The fourth-order valence-corrected chi connectivity index (χ4v) is 2.56. The number of aromatic nitrogens is 3. The maximum Gasteiger partial charge on any atom is 0.227 e. The van der Waals surface area contributed by atoms with Crippen LogP contribution in [0, 0.1) is 6.92 Å². The Balaban J connectivity index is 2.34. The van der Waals surface area contributed by atoms with E-state index in [2.05, 4.69) is 16.3 Å². The highest BCUT2D eigenvalue weighted by molar-refractivity contribution is 7.99. The molecule has 0 bridgehead atoms. The van der Waals surface area contributed by atoms with Crippen LogP contribution in [0.3, 0.4) is 0 Å². The average Bonchev–Trinajstić information content (AvgIpc) is 2.79. The van der Waals surface area contributed by atoms with Gasteiger partial charge < -0.3 is 10.3 Å². The zero-order valence-electron chi connectivity index (χ0n) is 11.0. The van der Waals surface area contributed by atoms with E-state index in [0.29, 0.717) is 0 Å². The highest BCUT2D eigenvalue weighted by atomic mass is 32.2. The quantitative estimate of drug-likeness (QED) is 0.846. The van der Waals surface area contributed by atoms with E-state index >= 15 is 0 Å². The van der Waals surface area contributed by atoms with E-state index in [1.165, 1.54) is 17.3 Å². The highest BCUT2D eigenvalue weighted by Gasteiger charge is 2.13. The Bertz CT molecular complexity index is 594. The fourth-order valence-electron chi connectivity index (χ4n) is 1.81. The van der Waals surface area contributed by atoms with E-state index in [4.69, 9.17) is 5.73 Å². The van der Waals surface area contributed by atoms with E-state index in [-0.39, 0.29) is 11.7 Å². The van der Waals surface area contributed by atoms with Crippen molar-refractivity contribution in [3.63, 3.8) is 0 Å². The molecule has 1 aromatic carbocycles. The molecule has 0 aliphatic heterocycles. The molecule has 0 unspecified atom stereocenters. The summed E-state index contributed by atoms with van der Waals surface area (Å²) in [4.78, 5) is 10.8. The number of carbonyl (C=O) groups excluding carboxylic acids is 1. The first-order valence-corrected chi connectivity index (χ1v) is 7.01. The van der Waals surface area contributed by atoms with Gasteiger partial charge in [0.2, 0.25) is 5.91 Å². The van der Waals surface area contributed by atoms with Gasteiger partial charge in [0.25, 0.3) is 0 Å². The summed E-state index contributed by atoms with van der Waals surface area (Å²) in [5, 5.41) is 9.07. The van der Waals surface area contributed by atoms with Gasteiger partial charge in [-0.25, -0.2) is 0 Å². The van der Waals surface area contributed by atoms with Crippen molar-refractivity contribution < 1.29 is 4.79 Å². The van der Waals surface area contributed by atoms with Crippen molar-refractivity contribution >= 4 is 17.7 Å². The van der Waals surface area contributed by atoms with Crippen LogP contribution < -0.4 is 5.73 Å². The fraction of sp³-hybridized carbons (Fsp3) is 0.308. The smallest absolute Gasteiger partial charge is 0.227 e. The van der Waals surface area contributed by atoms with E-state index < -0.39 is 0 Å². The molecule has 1 heterocycles. The van der Waals surface area contributed by atoms with Crippen molar-refractivity contribution in [2.45, 2.75) is 25.5 Å². The number of amides is 1. The maximum atomic E-state index is 10.8. The summed E-state index contributed by atoms with van der Waals surface area (Å²) in [6, 6.07) is 8.11. The minimum absolute atomic E-state index is 0.214. The molecule has 0 radical (unpaired) electrons. The second-order valence-corrected chi connectivity index (χ2v) is 5.12. The van der Waals surface area contributed by atoms with Gasteiger partial charge in [-0.3, -0.25) is 4.79 Å². The van der Waals surface area contributed by atoms with Crippen LogP contribution in [0.25, 0.3) is 11.4 Å². The van der Waals surface area contributed by atoms with E-state index in [1.807, 2.05) is 36.6 Å². The molecule has 2 N–H and O–H groups in total. The summed E-state index contributed by atoms with van der Waals surface area (Å²) in [5.41, 5.74) is 7.36. The number of hydrogen-bond acceptors (Lipinski definition) is 4. The zero-order chi connectivity index (χ0) is 13.8. The molecule has 0 fully saturated rings. The molecule has 1 amide bonds. The first-order chi connectivity index (χ1) is 9.11. The Morgan fingerprint density at radius 2 is 2.21 bits per heavy atom. The van der Waals surface area contributed by atoms with Gasteiger partial charge in [-0.2, -0.15) is 0 Å². The molecule has 0 saturated heterocycles. The van der Waals surface area contributed by atoms with Crippen molar-refractivity contribution in [1.29, 1.82) is 0 Å². The van der Waals surface area contributed by atoms with Gasteiger partial charge in [0.1, 0.15) is 0 Å². The maximum absolute atomic E-state index is 10.8. The van der Waals surface area contributed by atoms with Crippen molar-refractivity contribution in [2.24, 2.45) is 5.73 Å². The van der Waals surface area contributed by atoms with Crippen LogP contribution in [0.2, 0.25) is 0 Å². The number of rotatable bonds is 5. The standard InChI is InChI=1S/C13H16N4OS/c1-3-17-12(10-6-4-5-9(2)7-10)15-16-13(17)19-8-11(14)18/h4-7H,3,8H2,1-2H3,(H2,14,18). The molecule has 2 rings (SSSR count). The minimum Gasteiger partial charge on any atom is -0.369 e. The predicted molar refractivity (Wildman–Crippen MR) is 75.8 cm³/mol. The Hall–Kier alpha value is -1.82. The number of hydrogen-bond donors (Lipinski definition) is 1. The van der Waals surface area contributed by atoms with Crippen LogP contribution in [-0.4, -0.2) is 26.4 Å². The van der Waals surface area contributed by atoms with Crippen LogP contribution in [0.4, 0.5) is 0 Å². The summed E-state index contributed by atoms with van der Waals surface area (Å²) in [7, 11) is 0. The van der Waals surface area contributed by atoms with Gasteiger partial charge in [-0.05, 0) is 19.9 Å². The molecule has 0 aliphatic carbocycles. The lowest BCUT2D eigenvalue weighted by molar-refractivity contribution is -0.115. The van der Waals surface area contributed by atoms with Crippen LogP contribution in [0.15, 0.2) is 29.4 Å². The summed E-state index contributed by atoms with van der Waals surface area (Å²) in [6.07, 6.45) is 0. The Kier molecular flexibility index (Phi) is 4.21. The van der Waals surface area contributed by atoms with E-state index in [9.17, 15) is 4.79 Å². The molecular weight excluding hydrogens is 260 g/mol. The number of thioether (sulfide) groups is 1. The van der Waals surface area contributed by atoms with Crippen molar-refractivity contribution in [3.05, 3.63) is 29.8 Å². The molecule has 0 atom stereocenters. The average molecular weight is 276 g/mol. The third-order valence-electron chi connectivity index (χ3n) is 2.65. The minimum atomic E-state index is -0.354. The third kappa shape index (κ3) is 3.14. The second-order valence-electron chi connectivity index (χ2n) is 4.17. The Labute approximate surface area is 116 Å². The van der Waals surface area contributed by atoms with Crippen molar-refractivity contribution in [1.82, 2.24) is 14.8 Å². The monoisotopic (exact) mass is 276 g/mol. The molecule has 0 aliphatic rings. The van der Waals surface area contributed by atoms with Crippen LogP contribution in [0.1, 0.15) is 12.5 Å². The largest absolute Gasteiger partial charge is 0.369 e. The first kappa shape index (κ1) is 13.6. The van der Waals surface area contributed by atoms with Gasteiger partial charge in [0, 0.05) is 12.1 Å². The number of benzene rings is 1. The molecular formula is C13H16N4OS. The molecule has 100 valence electrons. The highest BCUT2D eigenvalue weighted by Crippen LogP contribution is 2.24. The third-order valence-corrected chi connectivity index (χ3v) is 3.64. The first-order valence-electron chi connectivity index (χ1n) is 6.03. The van der Waals surface area contributed by atoms with Gasteiger partial charge in [-0.1, -0.05) is 35.5 Å². The molecule has 2 aromatic rings. The lowest BCUT2D eigenvalue weighted by Crippen LogP contribution is -2.13. The van der Waals surface area contributed by atoms with Crippen molar-refractivity contribution in [2.75, 3.05) is 5.75 Å².